The molecule has 6 heteroatoms. The average molecular weight is 257 g/mol. The Labute approximate surface area is 105 Å². The number of nitrogens with two attached hydrogens (primary N) is 1. The van der Waals surface area contributed by atoms with Gasteiger partial charge in [-0.25, -0.2) is 4.79 Å². The van der Waals surface area contributed by atoms with Gasteiger partial charge in [0.1, 0.15) is 5.69 Å². The summed E-state index contributed by atoms with van der Waals surface area (Å²) < 4.78 is 2.74. The molecule has 0 aromatic carbocycles. The lowest BCUT2D eigenvalue weighted by atomic mass is 10.4. The molecule has 0 aliphatic rings. The van der Waals surface area contributed by atoms with Crippen LogP contribution in [-0.2, 0) is 13.1 Å². The molecule has 0 spiro atoms. The standard InChI is InChI=1S/C11H19N3O2S/c1-3-5-13-8-9(12)10(15)14(11(13)16)6-7-17-4-2/h8H,3-7,12H2,1-2H3. The van der Waals surface area contributed by atoms with Crippen molar-refractivity contribution in [2.45, 2.75) is 33.4 Å². The summed E-state index contributed by atoms with van der Waals surface area (Å²) in [6.45, 7) is 5.03. The average Bonchev–Trinajstić information content (AvgIpc) is 2.31. The molecule has 0 amide bonds. The van der Waals surface area contributed by atoms with E-state index in [1.54, 1.807) is 11.8 Å². The number of aryl methyl sites for hydroxylation is 1. The van der Waals surface area contributed by atoms with Crippen LogP contribution in [0.5, 0.6) is 0 Å². The van der Waals surface area contributed by atoms with Gasteiger partial charge in [0.2, 0.25) is 0 Å². The van der Waals surface area contributed by atoms with Crippen molar-refractivity contribution < 1.29 is 0 Å². The molecule has 0 unspecified atom stereocenters. The summed E-state index contributed by atoms with van der Waals surface area (Å²) in [5, 5.41) is 0. The van der Waals surface area contributed by atoms with Crippen LogP contribution in [0.15, 0.2) is 15.8 Å². The molecule has 1 aromatic rings. The van der Waals surface area contributed by atoms with Crippen LogP contribution in [0.25, 0.3) is 0 Å². The molecular weight excluding hydrogens is 238 g/mol. The first kappa shape index (κ1) is 13.9. The summed E-state index contributed by atoms with van der Waals surface area (Å²) in [4.78, 5) is 23.7. The van der Waals surface area contributed by atoms with Gasteiger partial charge in [-0.3, -0.25) is 13.9 Å². The van der Waals surface area contributed by atoms with Gasteiger partial charge in [0.05, 0.1) is 0 Å². The monoisotopic (exact) mass is 257 g/mol. The zero-order chi connectivity index (χ0) is 12.8. The Hall–Kier alpha value is -1.17. The van der Waals surface area contributed by atoms with Crippen molar-refractivity contribution in [2.75, 3.05) is 17.2 Å². The summed E-state index contributed by atoms with van der Waals surface area (Å²) in [7, 11) is 0. The summed E-state index contributed by atoms with van der Waals surface area (Å²) in [5.74, 6) is 1.72. The van der Waals surface area contributed by atoms with Gasteiger partial charge in [-0.05, 0) is 12.2 Å². The SMILES string of the molecule is CCCn1cc(N)c(=O)n(CCSCC)c1=O. The number of nitrogens with zero attached hydrogens (tertiary/aromatic N) is 2. The highest BCUT2D eigenvalue weighted by atomic mass is 32.2. The maximum Gasteiger partial charge on any atom is 0.331 e. The first-order chi connectivity index (χ1) is 8.11. The van der Waals surface area contributed by atoms with Crippen LogP contribution in [0.4, 0.5) is 5.69 Å². The number of hydrogen-bond acceptors (Lipinski definition) is 4. The number of nitrogen functional groups attached to an aromatic ring is 1. The van der Waals surface area contributed by atoms with Gasteiger partial charge in [0.15, 0.2) is 0 Å². The van der Waals surface area contributed by atoms with Gasteiger partial charge >= 0.3 is 5.69 Å². The number of hydrogen-bond donors (Lipinski definition) is 1. The number of aromatic nitrogens is 2. The second-order valence-corrected chi connectivity index (χ2v) is 5.11. The van der Waals surface area contributed by atoms with Crippen LogP contribution in [0.1, 0.15) is 20.3 Å². The quantitative estimate of drug-likeness (QED) is 0.764. The topological polar surface area (TPSA) is 70.0 Å². The zero-order valence-electron chi connectivity index (χ0n) is 10.3. The van der Waals surface area contributed by atoms with Crippen LogP contribution in [0.3, 0.4) is 0 Å². The van der Waals surface area contributed by atoms with Crippen LogP contribution in [0, 0.1) is 0 Å². The van der Waals surface area contributed by atoms with Crippen LogP contribution in [0.2, 0.25) is 0 Å². The Morgan fingerprint density at radius 1 is 1.29 bits per heavy atom. The lowest BCUT2D eigenvalue weighted by Crippen LogP contribution is -2.41. The minimum atomic E-state index is -0.376. The molecule has 0 aliphatic carbocycles. The lowest BCUT2D eigenvalue weighted by molar-refractivity contribution is 0.567. The predicted molar refractivity (Wildman–Crippen MR) is 72.7 cm³/mol. The zero-order valence-corrected chi connectivity index (χ0v) is 11.1. The lowest BCUT2D eigenvalue weighted by Gasteiger charge is -2.10. The molecule has 1 rings (SSSR count). The molecule has 0 saturated heterocycles. The molecule has 0 radical (unpaired) electrons. The molecular formula is C11H19N3O2S. The Morgan fingerprint density at radius 2 is 2.00 bits per heavy atom. The first-order valence-electron chi connectivity index (χ1n) is 5.79. The Kier molecular flexibility index (Phi) is 5.34. The van der Waals surface area contributed by atoms with Crippen molar-refractivity contribution >= 4 is 17.4 Å². The van der Waals surface area contributed by atoms with E-state index in [0.717, 1.165) is 17.9 Å². The summed E-state index contributed by atoms with van der Waals surface area (Å²) in [6, 6.07) is 0. The van der Waals surface area contributed by atoms with E-state index in [9.17, 15) is 9.59 Å². The van der Waals surface area contributed by atoms with Crippen molar-refractivity contribution in [3.05, 3.63) is 27.0 Å². The second kappa shape index (κ2) is 6.54. The Morgan fingerprint density at radius 3 is 2.59 bits per heavy atom. The van der Waals surface area contributed by atoms with E-state index >= 15 is 0 Å². The molecule has 0 atom stereocenters. The van der Waals surface area contributed by atoms with Gasteiger partial charge in [0.25, 0.3) is 5.56 Å². The number of rotatable bonds is 6. The summed E-state index contributed by atoms with van der Waals surface area (Å²) >= 11 is 1.70. The smallest absolute Gasteiger partial charge is 0.331 e. The largest absolute Gasteiger partial charge is 0.393 e. The highest BCUT2D eigenvalue weighted by Gasteiger charge is 2.08. The molecule has 1 heterocycles. The first-order valence-corrected chi connectivity index (χ1v) is 6.94. The van der Waals surface area contributed by atoms with Crippen LogP contribution in [-0.4, -0.2) is 20.6 Å². The second-order valence-electron chi connectivity index (χ2n) is 3.71. The molecule has 5 nitrogen and oxygen atoms in total. The van der Waals surface area contributed by atoms with Gasteiger partial charge in [-0.15, -0.1) is 0 Å². The van der Waals surface area contributed by atoms with Gasteiger partial charge in [-0.2, -0.15) is 11.8 Å². The number of thioether (sulfide) groups is 1. The van der Waals surface area contributed by atoms with Crippen molar-refractivity contribution in [2.24, 2.45) is 0 Å². The molecule has 0 bridgehead atoms. The maximum absolute atomic E-state index is 12.0. The summed E-state index contributed by atoms with van der Waals surface area (Å²) in [6.07, 6.45) is 2.28. The highest BCUT2D eigenvalue weighted by Crippen LogP contribution is 1.99. The third kappa shape index (κ3) is 3.39. The van der Waals surface area contributed by atoms with E-state index in [0.29, 0.717) is 13.1 Å². The third-order valence-corrected chi connectivity index (χ3v) is 3.27. The van der Waals surface area contributed by atoms with Gasteiger partial charge in [-0.1, -0.05) is 13.8 Å². The molecule has 96 valence electrons. The fourth-order valence-corrected chi connectivity index (χ4v) is 2.17. The third-order valence-electron chi connectivity index (χ3n) is 2.39. The molecule has 0 saturated carbocycles. The Balaban J connectivity index is 3.09. The van der Waals surface area contributed by atoms with E-state index in [2.05, 4.69) is 0 Å². The molecule has 17 heavy (non-hydrogen) atoms. The highest BCUT2D eigenvalue weighted by molar-refractivity contribution is 7.99. The minimum absolute atomic E-state index is 0.138. The molecule has 1 aromatic heterocycles. The van der Waals surface area contributed by atoms with E-state index in [1.807, 2.05) is 13.8 Å². The van der Waals surface area contributed by atoms with E-state index < -0.39 is 0 Å². The molecule has 2 N–H and O–H groups in total. The van der Waals surface area contributed by atoms with E-state index in [1.165, 1.54) is 15.3 Å². The fourth-order valence-electron chi connectivity index (χ4n) is 1.57. The number of anilines is 1. The predicted octanol–water partition coefficient (Wildman–Crippen LogP) is 0.755. The van der Waals surface area contributed by atoms with E-state index in [-0.39, 0.29) is 16.9 Å². The van der Waals surface area contributed by atoms with Gasteiger partial charge in [0, 0.05) is 25.0 Å². The minimum Gasteiger partial charge on any atom is -0.393 e. The van der Waals surface area contributed by atoms with Gasteiger partial charge < -0.3 is 5.73 Å². The summed E-state index contributed by atoms with van der Waals surface area (Å²) in [5.41, 5.74) is 5.13. The normalized spacial score (nSPS) is 10.7. The van der Waals surface area contributed by atoms with Crippen LogP contribution >= 0.6 is 11.8 Å². The van der Waals surface area contributed by atoms with Crippen molar-refractivity contribution in [3.8, 4) is 0 Å². The Bertz CT molecular complexity index is 479. The molecule has 0 aliphatic heterocycles. The fraction of sp³-hybridized carbons (Fsp3) is 0.636. The molecule has 0 fully saturated rings. The van der Waals surface area contributed by atoms with Crippen molar-refractivity contribution in [1.82, 2.24) is 9.13 Å². The van der Waals surface area contributed by atoms with Crippen molar-refractivity contribution in [3.63, 3.8) is 0 Å². The van der Waals surface area contributed by atoms with Crippen LogP contribution < -0.4 is 17.0 Å². The van der Waals surface area contributed by atoms with Crippen molar-refractivity contribution in [1.29, 1.82) is 0 Å². The maximum atomic E-state index is 12.0. The van der Waals surface area contributed by atoms with E-state index in [4.69, 9.17) is 5.73 Å².